The van der Waals surface area contributed by atoms with Crippen molar-refractivity contribution in [3.8, 4) is 11.3 Å². The maximum absolute atomic E-state index is 14.3. The van der Waals surface area contributed by atoms with Crippen LogP contribution in [0.25, 0.3) is 16.8 Å². The molecular formula is C25H24BFN5O5S-. The van der Waals surface area contributed by atoms with Gasteiger partial charge in [0.25, 0.3) is 5.91 Å². The van der Waals surface area contributed by atoms with Crippen molar-refractivity contribution in [3.63, 3.8) is 0 Å². The van der Waals surface area contributed by atoms with Gasteiger partial charge in [-0.2, -0.15) is 5.10 Å². The zero-order valence-electron chi connectivity index (χ0n) is 20.4. The van der Waals surface area contributed by atoms with E-state index in [1.165, 1.54) is 12.1 Å². The normalized spacial score (nSPS) is 14.2. The molecule has 0 spiro atoms. The highest BCUT2D eigenvalue weighted by molar-refractivity contribution is 7.76. The van der Waals surface area contributed by atoms with Gasteiger partial charge in [-0.25, -0.2) is 13.2 Å². The highest BCUT2D eigenvalue weighted by Crippen LogP contribution is 2.43. The molecule has 196 valence electrons. The van der Waals surface area contributed by atoms with Gasteiger partial charge in [0.05, 0.1) is 11.1 Å². The standard InChI is InChI=1S/C25H25BFN5O5S/c1-28-25(33)23-22-11-19(16-3-4-16)18(14-32(22)30-24(23)17-6-8-29-9-7-17)13-31(38(36)37)12-15-2-5-20(26(34)35)21(27)10-15/h2,5-11,14,16,34-35H,3-4,12-13H2,1H3,(H,28,33)(H,36,37)/p-1. The number of aromatic nitrogens is 3. The van der Waals surface area contributed by atoms with E-state index in [1.807, 2.05) is 6.07 Å². The molecule has 10 nitrogen and oxygen atoms in total. The Labute approximate surface area is 220 Å². The summed E-state index contributed by atoms with van der Waals surface area (Å²) in [6.07, 6.45) is 6.87. The number of fused-ring (bicyclic) bond motifs is 1. The van der Waals surface area contributed by atoms with Crippen LogP contribution in [0.2, 0.25) is 0 Å². The van der Waals surface area contributed by atoms with Crippen molar-refractivity contribution in [1.82, 2.24) is 24.2 Å². The summed E-state index contributed by atoms with van der Waals surface area (Å²) in [5, 5.41) is 25.8. The molecule has 13 heteroatoms. The van der Waals surface area contributed by atoms with Crippen molar-refractivity contribution >= 4 is 35.3 Å². The van der Waals surface area contributed by atoms with Gasteiger partial charge >= 0.3 is 7.12 Å². The van der Waals surface area contributed by atoms with Crippen molar-refractivity contribution in [3.05, 3.63) is 83.1 Å². The Hall–Kier alpha value is -3.49. The summed E-state index contributed by atoms with van der Waals surface area (Å²) in [7, 11) is -0.413. The van der Waals surface area contributed by atoms with Gasteiger partial charge in [0.15, 0.2) is 0 Å². The molecule has 1 fully saturated rings. The van der Waals surface area contributed by atoms with Crippen LogP contribution in [-0.2, 0) is 24.4 Å². The molecule has 1 amide bonds. The quantitative estimate of drug-likeness (QED) is 0.216. The summed E-state index contributed by atoms with van der Waals surface area (Å²) in [5.74, 6) is -0.894. The Bertz CT molecular complexity index is 1530. The highest BCUT2D eigenvalue weighted by Gasteiger charge is 2.30. The third kappa shape index (κ3) is 5.24. The second-order valence-electron chi connectivity index (χ2n) is 9.14. The minimum absolute atomic E-state index is 0.00361. The summed E-state index contributed by atoms with van der Waals surface area (Å²) in [6.45, 7) is -0.120. The maximum Gasteiger partial charge on any atom is 0.491 e. The van der Waals surface area contributed by atoms with Crippen molar-refractivity contribution in [2.75, 3.05) is 7.05 Å². The highest BCUT2D eigenvalue weighted by atomic mass is 32.2. The molecule has 3 aromatic heterocycles. The fourth-order valence-corrected chi connectivity index (χ4v) is 5.05. The molecule has 3 N–H and O–H groups in total. The van der Waals surface area contributed by atoms with Gasteiger partial charge in [-0.05, 0) is 59.7 Å². The lowest BCUT2D eigenvalue weighted by Gasteiger charge is -2.25. The Morgan fingerprint density at radius 2 is 1.97 bits per heavy atom. The number of hydrogen-bond donors (Lipinski definition) is 3. The molecule has 1 atom stereocenters. The van der Waals surface area contributed by atoms with Crippen molar-refractivity contribution in [2.45, 2.75) is 31.8 Å². The van der Waals surface area contributed by atoms with Crippen LogP contribution in [0, 0.1) is 5.82 Å². The SMILES string of the molecule is CNC(=O)c1c(-c2ccncc2)nn2cc(CN(Cc3ccc(B(O)O)c(F)c3)S(=O)[O-])c(C3CC3)cc12. The number of amides is 1. The molecule has 1 unspecified atom stereocenters. The van der Waals surface area contributed by atoms with Gasteiger partial charge in [-0.1, -0.05) is 12.1 Å². The Balaban J connectivity index is 1.55. The molecule has 1 aromatic carbocycles. The molecule has 3 heterocycles. The molecular weight excluding hydrogens is 512 g/mol. The van der Waals surface area contributed by atoms with Crippen LogP contribution in [0.4, 0.5) is 4.39 Å². The van der Waals surface area contributed by atoms with Crippen molar-refractivity contribution in [1.29, 1.82) is 0 Å². The van der Waals surface area contributed by atoms with Crippen LogP contribution in [0.3, 0.4) is 0 Å². The number of benzene rings is 1. The Morgan fingerprint density at radius 1 is 1.24 bits per heavy atom. The smallest absolute Gasteiger partial charge is 0.491 e. The van der Waals surface area contributed by atoms with Gasteiger partial charge < -0.3 is 19.9 Å². The van der Waals surface area contributed by atoms with Gasteiger partial charge in [0, 0.05) is 61.0 Å². The molecule has 0 saturated heterocycles. The minimum atomic E-state index is -2.64. The summed E-state index contributed by atoms with van der Waals surface area (Å²) >= 11 is -2.64. The van der Waals surface area contributed by atoms with Gasteiger partial charge in [0.1, 0.15) is 11.5 Å². The molecule has 0 aliphatic heterocycles. The second kappa shape index (κ2) is 10.7. The number of rotatable bonds is 9. The molecule has 38 heavy (non-hydrogen) atoms. The Morgan fingerprint density at radius 3 is 2.58 bits per heavy atom. The third-order valence-corrected chi connectivity index (χ3v) is 7.25. The first-order valence-electron chi connectivity index (χ1n) is 11.9. The third-order valence-electron chi connectivity index (χ3n) is 6.57. The zero-order chi connectivity index (χ0) is 27.0. The molecule has 4 aromatic rings. The summed E-state index contributed by atoms with van der Waals surface area (Å²) in [6, 6.07) is 9.18. The van der Waals surface area contributed by atoms with E-state index in [0.29, 0.717) is 22.3 Å². The van der Waals surface area contributed by atoms with E-state index < -0.39 is 24.2 Å². The van der Waals surface area contributed by atoms with E-state index in [-0.39, 0.29) is 30.4 Å². The topological polar surface area (TPSA) is 143 Å². The number of carbonyl (C=O) groups excluding carboxylic acids is 1. The van der Waals surface area contributed by atoms with E-state index in [4.69, 9.17) is 0 Å². The van der Waals surface area contributed by atoms with Crippen LogP contribution in [0.5, 0.6) is 0 Å². The minimum Gasteiger partial charge on any atom is -0.760 e. The first-order chi connectivity index (χ1) is 18.3. The number of pyridine rings is 2. The van der Waals surface area contributed by atoms with Crippen LogP contribution in [0.1, 0.15) is 45.8 Å². The van der Waals surface area contributed by atoms with Crippen molar-refractivity contribution < 1.29 is 28.0 Å². The number of halogens is 1. The van der Waals surface area contributed by atoms with Gasteiger partial charge in [-0.15, -0.1) is 0 Å². The lowest BCUT2D eigenvalue weighted by atomic mass is 9.79. The predicted molar refractivity (Wildman–Crippen MR) is 138 cm³/mol. The molecule has 0 radical (unpaired) electrons. The average Bonchev–Trinajstić information content (AvgIpc) is 3.68. The van der Waals surface area contributed by atoms with Crippen LogP contribution in [0.15, 0.2) is 55.0 Å². The van der Waals surface area contributed by atoms with E-state index >= 15 is 0 Å². The predicted octanol–water partition coefficient (Wildman–Crippen LogP) is 1.25. The second-order valence-corrected chi connectivity index (χ2v) is 10.1. The monoisotopic (exact) mass is 536 g/mol. The van der Waals surface area contributed by atoms with Gasteiger partial charge in [0.2, 0.25) is 0 Å². The molecule has 5 rings (SSSR count). The zero-order valence-corrected chi connectivity index (χ0v) is 21.2. The lowest BCUT2D eigenvalue weighted by Crippen LogP contribution is -2.33. The van der Waals surface area contributed by atoms with E-state index in [2.05, 4.69) is 15.4 Å². The Kier molecular flexibility index (Phi) is 7.37. The van der Waals surface area contributed by atoms with Crippen LogP contribution < -0.4 is 10.8 Å². The molecule has 1 saturated carbocycles. The van der Waals surface area contributed by atoms with E-state index in [0.717, 1.165) is 39.9 Å². The first kappa shape index (κ1) is 26.1. The number of carbonyl (C=O) groups is 1. The summed E-state index contributed by atoms with van der Waals surface area (Å²) < 4.78 is 41.4. The van der Waals surface area contributed by atoms with Crippen LogP contribution >= 0.6 is 0 Å². The summed E-state index contributed by atoms with van der Waals surface area (Å²) in [5.41, 5.74) is 3.94. The fourth-order valence-electron chi connectivity index (χ4n) is 4.55. The number of nitrogens with one attached hydrogen (secondary N) is 1. The number of hydrogen-bond acceptors (Lipinski definition) is 7. The largest absolute Gasteiger partial charge is 0.760 e. The van der Waals surface area contributed by atoms with Crippen molar-refractivity contribution in [2.24, 2.45) is 0 Å². The molecule has 0 bridgehead atoms. The lowest BCUT2D eigenvalue weighted by molar-refractivity contribution is 0.0965. The fraction of sp³-hybridized carbons (Fsp3) is 0.240. The van der Waals surface area contributed by atoms with E-state index in [9.17, 15) is 28.0 Å². The molecule has 1 aliphatic rings. The molecule has 1 aliphatic carbocycles. The van der Waals surface area contributed by atoms with Crippen LogP contribution in [-0.4, -0.2) is 57.8 Å². The first-order valence-corrected chi connectivity index (χ1v) is 13.0. The van der Waals surface area contributed by atoms with E-state index in [1.54, 1.807) is 42.3 Å². The maximum atomic E-state index is 14.3. The summed E-state index contributed by atoms with van der Waals surface area (Å²) in [4.78, 5) is 16.9. The average molecular weight is 536 g/mol. The van der Waals surface area contributed by atoms with Gasteiger partial charge in [-0.3, -0.25) is 14.0 Å². The number of nitrogens with zero attached hydrogens (tertiary/aromatic N) is 4.